The summed E-state index contributed by atoms with van der Waals surface area (Å²) in [5, 5.41) is 12.5. The Bertz CT molecular complexity index is 408. The second kappa shape index (κ2) is 4.76. The number of ether oxygens (including phenoxy) is 1. The lowest BCUT2D eigenvalue weighted by Crippen LogP contribution is -2.25. The molecule has 0 fully saturated rings. The fraction of sp³-hybridized carbons (Fsp3) is 0.364. The van der Waals surface area contributed by atoms with Crippen LogP contribution in [-0.4, -0.2) is 23.4 Å². The third-order valence-corrected chi connectivity index (χ3v) is 2.68. The van der Waals surface area contributed by atoms with E-state index in [1.165, 1.54) is 0 Å². The normalized spacial score (nSPS) is 16.0. The number of rotatable bonds is 3. The predicted molar refractivity (Wildman–Crippen MR) is 64.0 cm³/mol. The highest BCUT2D eigenvalue weighted by molar-refractivity contribution is 7.80. The van der Waals surface area contributed by atoms with E-state index >= 15 is 0 Å². The van der Waals surface area contributed by atoms with E-state index in [-0.39, 0.29) is 12.5 Å². The fourth-order valence-electron chi connectivity index (χ4n) is 1.60. The first kappa shape index (κ1) is 11.3. The third-order valence-electron chi connectivity index (χ3n) is 2.42. The Balaban J connectivity index is 2.24. The summed E-state index contributed by atoms with van der Waals surface area (Å²) in [6.45, 7) is 0.0472. The summed E-state index contributed by atoms with van der Waals surface area (Å²) in [6.07, 6.45) is 0.0260. The van der Waals surface area contributed by atoms with Crippen LogP contribution >= 0.6 is 12.6 Å². The van der Waals surface area contributed by atoms with Crippen LogP contribution in [0.15, 0.2) is 18.2 Å². The molecule has 2 N–H and O–H groups in total. The van der Waals surface area contributed by atoms with Crippen LogP contribution in [0.3, 0.4) is 0 Å². The van der Waals surface area contributed by atoms with Crippen molar-refractivity contribution in [2.45, 2.75) is 12.5 Å². The quantitative estimate of drug-likeness (QED) is 0.698. The van der Waals surface area contributed by atoms with E-state index in [4.69, 9.17) is 4.74 Å². The van der Waals surface area contributed by atoms with Gasteiger partial charge in [-0.2, -0.15) is 12.6 Å². The van der Waals surface area contributed by atoms with Gasteiger partial charge in [0.05, 0.1) is 11.8 Å². The minimum atomic E-state index is -0.554. The van der Waals surface area contributed by atoms with Crippen molar-refractivity contribution in [1.29, 1.82) is 0 Å². The Hall–Kier alpha value is -1.20. The van der Waals surface area contributed by atoms with Crippen LogP contribution < -0.4 is 10.1 Å². The molecule has 1 amide bonds. The SMILES string of the molecule is O=C1COc2ccc(C(O)CCS)cc2N1. The number of thiol groups is 1. The molecule has 1 aliphatic heterocycles. The molecule has 1 heterocycles. The highest BCUT2D eigenvalue weighted by Gasteiger charge is 2.17. The maximum Gasteiger partial charge on any atom is 0.262 e. The number of hydrogen-bond acceptors (Lipinski definition) is 4. The molecule has 0 spiro atoms. The van der Waals surface area contributed by atoms with Gasteiger partial charge in [-0.3, -0.25) is 4.79 Å². The average Bonchev–Trinajstić information content (AvgIpc) is 2.28. The van der Waals surface area contributed by atoms with Crippen LogP contribution in [0, 0.1) is 0 Å². The molecule has 4 nitrogen and oxygen atoms in total. The zero-order valence-electron chi connectivity index (χ0n) is 8.64. The van der Waals surface area contributed by atoms with Gasteiger partial charge in [0.25, 0.3) is 5.91 Å². The first-order valence-corrected chi connectivity index (χ1v) is 5.69. The summed E-state index contributed by atoms with van der Waals surface area (Å²) in [5.74, 6) is 1.08. The standard InChI is InChI=1S/C11H13NO3S/c13-9(3-4-16)7-1-2-10-8(5-7)12-11(14)6-15-10/h1-2,5,9,13,16H,3-4,6H2,(H,12,14). The van der Waals surface area contributed by atoms with Gasteiger partial charge in [0.1, 0.15) is 5.75 Å². The minimum Gasteiger partial charge on any atom is -0.482 e. The number of hydrogen-bond donors (Lipinski definition) is 3. The highest BCUT2D eigenvalue weighted by Crippen LogP contribution is 2.31. The molecule has 0 bridgehead atoms. The molecule has 1 unspecified atom stereocenters. The lowest BCUT2D eigenvalue weighted by molar-refractivity contribution is -0.118. The van der Waals surface area contributed by atoms with Crippen molar-refractivity contribution in [3.8, 4) is 5.75 Å². The molecule has 0 saturated carbocycles. The molecule has 2 rings (SSSR count). The number of amides is 1. The summed E-state index contributed by atoms with van der Waals surface area (Å²) in [7, 11) is 0. The lowest BCUT2D eigenvalue weighted by atomic mass is 10.1. The summed E-state index contributed by atoms with van der Waals surface area (Å²) in [5.41, 5.74) is 1.38. The zero-order chi connectivity index (χ0) is 11.5. The molecule has 0 aromatic heterocycles. The van der Waals surface area contributed by atoms with E-state index in [1.54, 1.807) is 18.2 Å². The topological polar surface area (TPSA) is 58.6 Å². The van der Waals surface area contributed by atoms with Crippen LogP contribution in [-0.2, 0) is 4.79 Å². The van der Waals surface area contributed by atoms with Crippen molar-refractivity contribution < 1.29 is 14.6 Å². The van der Waals surface area contributed by atoms with Gasteiger partial charge in [0.2, 0.25) is 0 Å². The van der Waals surface area contributed by atoms with E-state index in [0.717, 1.165) is 5.56 Å². The summed E-state index contributed by atoms with van der Waals surface area (Å²) >= 11 is 4.07. The van der Waals surface area contributed by atoms with Crippen LogP contribution in [0.25, 0.3) is 0 Å². The number of fused-ring (bicyclic) bond motifs is 1. The number of carbonyl (C=O) groups excluding carboxylic acids is 1. The van der Waals surface area contributed by atoms with Gasteiger partial charge in [0.15, 0.2) is 6.61 Å². The molecule has 0 aliphatic carbocycles. The second-order valence-corrected chi connectivity index (χ2v) is 4.07. The molecule has 16 heavy (non-hydrogen) atoms. The number of benzene rings is 1. The molecular weight excluding hydrogens is 226 g/mol. The van der Waals surface area contributed by atoms with Crippen LogP contribution in [0.4, 0.5) is 5.69 Å². The predicted octanol–water partition coefficient (Wildman–Crippen LogP) is 1.37. The first-order chi connectivity index (χ1) is 7.70. The molecule has 1 aromatic carbocycles. The van der Waals surface area contributed by atoms with Gasteiger partial charge >= 0.3 is 0 Å². The van der Waals surface area contributed by atoms with Crippen LogP contribution in [0.5, 0.6) is 5.75 Å². The van der Waals surface area contributed by atoms with Crippen molar-refractivity contribution in [1.82, 2.24) is 0 Å². The van der Waals surface area contributed by atoms with Gasteiger partial charge in [0, 0.05) is 0 Å². The molecule has 86 valence electrons. The van der Waals surface area contributed by atoms with E-state index in [2.05, 4.69) is 17.9 Å². The zero-order valence-corrected chi connectivity index (χ0v) is 9.54. The number of carbonyl (C=O) groups is 1. The van der Waals surface area contributed by atoms with Crippen molar-refractivity contribution in [3.05, 3.63) is 23.8 Å². The molecule has 5 heteroatoms. The maximum absolute atomic E-state index is 11.1. The lowest BCUT2D eigenvalue weighted by Gasteiger charge is -2.19. The van der Waals surface area contributed by atoms with Gasteiger partial charge in [-0.15, -0.1) is 0 Å². The van der Waals surface area contributed by atoms with E-state index in [1.807, 2.05) is 0 Å². The average molecular weight is 239 g/mol. The van der Waals surface area contributed by atoms with Crippen molar-refractivity contribution in [3.63, 3.8) is 0 Å². The van der Waals surface area contributed by atoms with Crippen LogP contribution in [0.2, 0.25) is 0 Å². The van der Waals surface area contributed by atoms with Gasteiger partial charge in [-0.05, 0) is 29.9 Å². The summed E-state index contributed by atoms with van der Waals surface area (Å²) in [6, 6.07) is 5.29. The maximum atomic E-state index is 11.1. The Kier molecular flexibility index (Phi) is 3.36. The molecule has 0 saturated heterocycles. The largest absolute Gasteiger partial charge is 0.482 e. The number of aliphatic hydroxyl groups is 1. The monoisotopic (exact) mass is 239 g/mol. The Morgan fingerprint density at radius 3 is 3.12 bits per heavy atom. The van der Waals surface area contributed by atoms with Gasteiger partial charge in [-0.25, -0.2) is 0 Å². The van der Waals surface area contributed by atoms with E-state index in [0.29, 0.717) is 23.6 Å². The summed E-state index contributed by atoms with van der Waals surface area (Å²) < 4.78 is 5.22. The Morgan fingerprint density at radius 1 is 1.56 bits per heavy atom. The molecular formula is C11H13NO3S. The van der Waals surface area contributed by atoms with Crippen molar-refractivity contribution in [2.75, 3.05) is 17.7 Å². The Labute approximate surface area is 99.0 Å². The van der Waals surface area contributed by atoms with Gasteiger partial charge in [-0.1, -0.05) is 6.07 Å². The summed E-state index contributed by atoms with van der Waals surface area (Å²) in [4.78, 5) is 11.1. The second-order valence-electron chi connectivity index (χ2n) is 3.62. The highest BCUT2D eigenvalue weighted by atomic mass is 32.1. The number of aliphatic hydroxyl groups excluding tert-OH is 1. The van der Waals surface area contributed by atoms with Crippen molar-refractivity contribution >= 4 is 24.2 Å². The number of nitrogens with one attached hydrogen (secondary N) is 1. The Morgan fingerprint density at radius 2 is 2.38 bits per heavy atom. The number of anilines is 1. The van der Waals surface area contributed by atoms with E-state index in [9.17, 15) is 9.90 Å². The van der Waals surface area contributed by atoms with E-state index < -0.39 is 6.10 Å². The molecule has 1 atom stereocenters. The molecule has 0 radical (unpaired) electrons. The molecule has 1 aliphatic rings. The third kappa shape index (κ3) is 2.31. The minimum absolute atomic E-state index is 0.0472. The smallest absolute Gasteiger partial charge is 0.262 e. The van der Waals surface area contributed by atoms with Crippen LogP contribution in [0.1, 0.15) is 18.1 Å². The molecule has 1 aromatic rings. The fourth-order valence-corrected chi connectivity index (χ4v) is 1.84. The van der Waals surface area contributed by atoms with Gasteiger partial charge < -0.3 is 15.2 Å². The van der Waals surface area contributed by atoms with Crippen molar-refractivity contribution in [2.24, 2.45) is 0 Å². The first-order valence-electron chi connectivity index (χ1n) is 5.06.